The molecule has 0 bridgehead atoms. The van der Waals surface area contributed by atoms with E-state index in [0.717, 1.165) is 22.2 Å². The van der Waals surface area contributed by atoms with Gasteiger partial charge in [0.15, 0.2) is 0 Å². The smallest absolute Gasteiger partial charge is 0.137 e. The molecule has 0 amide bonds. The van der Waals surface area contributed by atoms with Gasteiger partial charge in [-0.3, -0.25) is 0 Å². The Labute approximate surface area is 191 Å². The van der Waals surface area contributed by atoms with Gasteiger partial charge in [-0.05, 0) is 17.7 Å². The number of nitrogens with one attached hydrogen (secondary N) is 1. The first kappa shape index (κ1) is 22.2. The molecule has 4 aromatic rings. The lowest BCUT2D eigenvalue weighted by Gasteiger charge is -2.29. The van der Waals surface area contributed by atoms with Gasteiger partial charge >= 0.3 is 0 Å². The van der Waals surface area contributed by atoms with Gasteiger partial charge in [-0.2, -0.15) is 5.10 Å². The Morgan fingerprint density at radius 3 is 2.72 bits per heavy atom. The number of aromatic nitrogens is 6. The van der Waals surface area contributed by atoms with Crippen LogP contribution in [-0.4, -0.2) is 41.4 Å². The Kier molecular flexibility index (Phi) is 6.68. The predicted octanol–water partition coefficient (Wildman–Crippen LogP) is 2.64. The van der Waals surface area contributed by atoms with Gasteiger partial charge in [-0.1, -0.05) is 45.4 Å². The lowest BCUT2D eigenvalue weighted by Crippen LogP contribution is -2.42. The summed E-state index contributed by atoms with van der Waals surface area (Å²) >= 11 is 3.51. The highest BCUT2D eigenvalue weighted by molar-refractivity contribution is 9.10. The fraction of sp³-hybridized carbons (Fsp3) is 0.238. The minimum atomic E-state index is -1.70. The number of halogens is 3. The Morgan fingerprint density at radius 2 is 1.97 bits per heavy atom. The number of benzene rings is 2. The molecule has 0 fully saturated rings. The molecule has 11 heteroatoms. The van der Waals surface area contributed by atoms with Crippen molar-refractivity contribution in [1.82, 2.24) is 35.1 Å². The second-order valence-electron chi connectivity index (χ2n) is 7.35. The van der Waals surface area contributed by atoms with E-state index in [-0.39, 0.29) is 18.7 Å². The molecule has 2 heterocycles. The van der Waals surface area contributed by atoms with E-state index in [1.54, 1.807) is 10.9 Å². The molecule has 0 saturated carbocycles. The monoisotopic (exact) mass is 503 g/mol. The average Bonchev–Trinajstić information content (AvgIpc) is 3.42. The van der Waals surface area contributed by atoms with Crippen molar-refractivity contribution >= 4 is 15.9 Å². The molecule has 32 heavy (non-hydrogen) atoms. The summed E-state index contributed by atoms with van der Waals surface area (Å²) in [6.45, 7) is 0.730. The number of nitrogens with zero attached hydrogens (tertiary/aromatic N) is 6. The molecule has 2 aromatic heterocycles. The summed E-state index contributed by atoms with van der Waals surface area (Å²) in [5, 5.41) is 26.6. The standard InChI is InChI=1S/C21H20BrF2N7O/c22-19-4-2-1-3-15(19)9-30-10-17(28-29-30)8-25-11-21(32,12-31-14-26-13-27-31)18-6-5-16(23)7-20(18)24/h1-7,10,13-14,25,32H,8-9,11-12H2. The van der Waals surface area contributed by atoms with Crippen molar-refractivity contribution in [3.63, 3.8) is 0 Å². The summed E-state index contributed by atoms with van der Waals surface area (Å²) < 4.78 is 31.9. The second kappa shape index (κ2) is 9.63. The highest BCUT2D eigenvalue weighted by Gasteiger charge is 2.33. The SMILES string of the molecule is OC(CNCc1cn(Cc2ccccc2Br)nn1)(Cn1cncn1)c1ccc(F)cc1F. The third-order valence-electron chi connectivity index (χ3n) is 4.92. The van der Waals surface area contributed by atoms with Gasteiger partial charge in [-0.25, -0.2) is 23.1 Å². The zero-order chi connectivity index (χ0) is 22.6. The van der Waals surface area contributed by atoms with E-state index in [0.29, 0.717) is 18.8 Å². The Bertz CT molecular complexity index is 1180. The first-order valence-corrected chi connectivity index (χ1v) is 10.6. The van der Waals surface area contributed by atoms with E-state index in [1.165, 1.54) is 23.4 Å². The molecule has 0 aliphatic carbocycles. The molecule has 2 N–H and O–H groups in total. The summed E-state index contributed by atoms with van der Waals surface area (Å²) in [5.74, 6) is -1.56. The molecule has 0 spiro atoms. The summed E-state index contributed by atoms with van der Waals surface area (Å²) in [7, 11) is 0. The van der Waals surface area contributed by atoms with Crippen LogP contribution in [0.5, 0.6) is 0 Å². The maximum absolute atomic E-state index is 14.5. The van der Waals surface area contributed by atoms with Crippen LogP contribution in [0, 0.1) is 11.6 Å². The van der Waals surface area contributed by atoms with Gasteiger partial charge in [-0.15, -0.1) is 5.10 Å². The molecule has 4 rings (SSSR count). The van der Waals surface area contributed by atoms with Crippen LogP contribution in [0.1, 0.15) is 16.8 Å². The number of hydrogen-bond acceptors (Lipinski definition) is 6. The molecule has 0 aliphatic heterocycles. The first-order chi connectivity index (χ1) is 15.4. The lowest BCUT2D eigenvalue weighted by atomic mass is 9.92. The van der Waals surface area contributed by atoms with E-state index < -0.39 is 17.2 Å². The maximum atomic E-state index is 14.5. The van der Waals surface area contributed by atoms with Crippen LogP contribution in [0.2, 0.25) is 0 Å². The molecule has 1 atom stereocenters. The fourth-order valence-corrected chi connectivity index (χ4v) is 3.79. The van der Waals surface area contributed by atoms with Crippen LogP contribution in [0.3, 0.4) is 0 Å². The molecular weight excluding hydrogens is 484 g/mol. The first-order valence-electron chi connectivity index (χ1n) is 9.76. The quantitative estimate of drug-likeness (QED) is 0.364. The van der Waals surface area contributed by atoms with Gasteiger partial charge in [0.2, 0.25) is 0 Å². The van der Waals surface area contributed by atoms with Crippen molar-refractivity contribution in [3.05, 3.63) is 94.2 Å². The highest BCUT2D eigenvalue weighted by atomic mass is 79.9. The Hall–Kier alpha value is -3.02. The molecule has 0 aliphatic rings. The van der Waals surface area contributed by atoms with Crippen molar-refractivity contribution in [2.75, 3.05) is 6.54 Å². The Morgan fingerprint density at radius 1 is 1.12 bits per heavy atom. The molecule has 0 radical (unpaired) electrons. The zero-order valence-electron chi connectivity index (χ0n) is 16.9. The van der Waals surface area contributed by atoms with Crippen molar-refractivity contribution < 1.29 is 13.9 Å². The largest absolute Gasteiger partial charge is 0.382 e. The van der Waals surface area contributed by atoms with E-state index in [4.69, 9.17) is 0 Å². The van der Waals surface area contributed by atoms with Crippen LogP contribution in [0.25, 0.3) is 0 Å². The van der Waals surface area contributed by atoms with Crippen molar-refractivity contribution in [3.8, 4) is 0 Å². The third-order valence-corrected chi connectivity index (χ3v) is 5.70. The van der Waals surface area contributed by atoms with Crippen molar-refractivity contribution in [2.45, 2.75) is 25.2 Å². The number of hydrogen-bond donors (Lipinski definition) is 2. The predicted molar refractivity (Wildman–Crippen MR) is 115 cm³/mol. The van der Waals surface area contributed by atoms with E-state index in [9.17, 15) is 13.9 Å². The molecule has 8 nitrogen and oxygen atoms in total. The van der Waals surface area contributed by atoms with Crippen molar-refractivity contribution in [2.24, 2.45) is 0 Å². The topological polar surface area (TPSA) is 93.7 Å². The van der Waals surface area contributed by atoms with Gasteiger partial charge in [0, 0.05) is 29.2 Å². The van der Waals surface area contributed by atoms with Crippen LogP contribution >= 0.6 is 15.9 Å². The van der Waals surface area contributed by atoms with Gasteiger partial charge in [0.05, 0.1) is 25.0 Å². The normalized spacial score (nSPS) is 13.2. The van der Waals surface area contributed by atoms with E-state index >= 15 is 0 Å². The summed E-state index contributed by atoms with van der Waals surface area (Å²) in [4.78, 5) is 3.85. The van der Waals surface area contributed by atoms with Crippen LogP contribution in [0.4, 0.5) is 8.78 Å². The number of rotatable bonds is 9. The summed E-state index contributed by atoms with van der Waals surface area (Å²) in [6.07, 6.45) is 4.53. The Balaban J connectivity index is 1.45. The zero-order valence-corrected chi connectivity index (χ0v) is 18.5. The fourth-order valence-electron chi connectivity index (χ4n) is 3.38. The highest BCUT2D eigenvalue weighted by Crippen LogP contribution is 2.26. The molecule has 1 unspecified atom stereocenters. The maximum Gasteiger partial charge on any atom is 0.137 e. The molecule has 2 aromatic carbocycles. The summed E-state index contributed by atoms with van der Waals surface area (Å²) in [6, 6.07) is 10.9. The van der Waals surface area contributed by atoms with E-state index in [2.05, 4.69) is 41.6 Å². The molecule has 166 valence electrons. The van der Waals surface area contributed by atoms with Gasteiger partial charge in [0.1, 0.15) is 29.9 Å². The number of aliphatic hydroxyl groups is 1. The van der Waals surface area contributed by atoms with Gasteiger partial charge < -0.3 is 10.4 Å². The molecular formula is C21H20BrF2N7O. The van der Waals surface area contributed by atoms with Crippen molar-refractivity contribution in [1.29, 1.82) is 0 Å². The minimum Gasteiger partial charge on any atom is -0.382 e. The van der Waals surface area contributed by atoms with Crippen LogP contribution < -0.4 is 5.32 Å². The average molecular weight is 504 g/mol. The third kappa shape index (κ3) is 5.23. The second-order valence-corrected chi connectivity index (χ2v) is 8.21. The van der Waals surface area contributed by atoms with E-state index in [1.807, 2.05) is 24.3 Å². The van der Waals surface area contributed by atoms with Crippen LogP contribution in [0.15, 0.2) is 65.8 Å². The van der Waals surface area contributed by atoms with Crippen LogP contribution in [-0.2, 0) is 25.2 Å². The lowest BCUT2D eigenvalue weighted by molar-refractivity contribution is 0.0117. The molecule has 0 saturated heterocycles. The summed E-state index contributed by atoms with van der Waals surface area (Å²) in [5.41, 5.74) is -0.0266. The van der Waals surface area contributed by atoms with Gasteiger partial charge in [0.25, 0.3) is 0 Å². The minimum absolute atomic E-state index is 0.0352.